The second kappa shape index (κ2) is 13.0. The number of nitrogens with two attached hydrogens (primary N) is 1. The number of carbonyl (C=O) groups is 1. The van der Waals surface area contributed by atoms with Gasteiger partial charge in [0.05, 0.1) is 32.8 Å². The maximum absolute atomic E-state index is 13.1. The molecule has 0 radical (unpaired) electrons. The van der Waals surface area contributed by atoms with Crippen LogP contribution < -0.4 is 10.5 Å². The van der Waals surface area contributed by atoms with Gasteiger partial charge in [-0.2, -0.15) is 8.42 Å². The molecule has 3 N–H and O–H groups in total. The lowest BCUT2D eigenvalue weighted by Crippen LogP contribution is -2.50. The van der Waals surface area contributed by atoms with Gasteiger partial charge in [0.2, 0.25) is 0 Å². The number of nitrogen functional groups attached to an aromatic ring is 1. The largest absolute Gasteiger partial charge is 0.384 e. The Morgan fingerprint density at radius 1 is 1.17 bits per heavy atom. The van der Waals surface area contributed by atoms with Crippen molar-refractivity contribution in [2.45, 2.75) is 64.1 Å². The highest BCUT2D eigenvalue weighted by Crippen LogP contribution is 2.44. The number of hydrogen-bond acceptors (Lipinski definition) is 15. The lowest BCUT2D eigenvalue weighted by molar-refractivity contribution is -0.198. The van der Waals surface area contributed by atoms with Gasteiger partial charge in [-0.3, -0.25) is 13.5 Å². The number of methoxy groups -OCH3 is 2. The minimum Gasteiger partial charge on any atom is -0.384 e. The lowest BCUT2D eigenvalue weighted by atomic mass is 9.87. The molecular formula is C24H38N6O11S. The van der Waals surface area contributed by atoms with Crippen molar-refractivity contribution in [1.82, 2.24) is 24.2 Å². The van der Waals surface area contributed by atoms with E-state index in [4.69, 9.17) is 43.1 Å². The Labute approximate surface area is 243 Å². The number of nitrogens with one attached hydrogen (secondary N) is 1. The van der Waals surface area contributed by atoms with E-state index in [-0.39, 0.29) is 25.8 Å². The molecule has 0 bridgehead atoms. The van der Waals surface area contributed by atoms with Crippen LogP contribution in [-0.4, -0.2) is 111 Å². The van der Waals surface area contributed by atoms with E-state index in [9.17, 15) is 13.2 Å². The quantitative estimate of drug-likeness (QED) is 0.197. The van der Waals surface area contributed by atoms with E-state index >= 15 is 0 Å². The summed E-state index contributed by atoms with van der Waals surface area (Å²) in [5, 5.41) is 0. The first-order valence-corrected chi connectivity index (χ1v) is 14.5. The lowest BCUT2D eigenvalue weighted by Gasteiger charge is -2.32. The third kappa shape index (κ3) is 7.32. The van der Waals surface area contributed by atoms with Crippen LogP contribution in [0, 0.1) is 5.41 Å². The topological polar surface area (TPSA) is 207 Å². The van der Waals surface area contributed by atoms with Crippen molar-refractivity contribution in [2.24, 2.45) is 5.41 Å². The number of carbonyl (C=O) groups excluding carboxylic acids is 1. The standard InChI is InChI=1S/C24H38N6O11S/c1-23(2,10-35-6)18(37-13-36-8-7-34-5)21(31)29-42(32,33)38-9-14-16-17(41-24(3,4)40-16)22(39-14)30-12-28-15-19(25)26-11-27-20(15)30/h11-12,14,16-18,22H,7-10,13H2,1-6H3,(H,29,31)(H2,25,26,27)/t14-,16-,17-,18?,22-/m1/s1. The summed E-state index contributed by atoms with van der Waals surface area (Å²) in [6.07, 6.45) is -1.56. The molecule has 2 aliphatic heterocycles. The predicted molar refractivity (Wildman–Crippen MR) is 144 cm³/mol. The molecule has 0 aliphatic carbocycles. The van der Waals surface area contributed by atoms with Crippen LogP contribution in [0.4, 0.5) is 5.82 Å². The predicted octanol–water partition coefficient (Wildman–Crippen LogP) is -0.118. The molecule has 17 nitrogen and oxygen atoms in total. The Morgan fingerprint density at radius 3 is 2.62 bits per heavy atom. The summed E-state index contributed by atoms with van der Waals surface area (Å²) < 4.78 is 73.7. The fourth-order valence-corrected chi connectivity index (χ4v) is 5.58. The van der Waals surface area contributed by atoms with Gasteiger partial charge >= 0.3 is 10.3 Å². The number of imidazole rings is 1. The summed E-state index contributed by atoms with van der Waals surface area (Å²) in [7, 11) is -1.64. The Bertz CT molecular complexity index is 1340. The molecule has 1 unspecified atom stereocenters. The molecule has 4 rings (SSSR count). The highest BCUT2D eigenvalue weighted by Gasteiger charge is 2.56. The zero-order chi connectivity index (χ0) is 30.7. The van der Waals surface area contributed by atoms with E-state index in [2.05, 4.69) is 15.0 Å². The molecule has 5 atom stereocenters. The smallest absolute Gasteiger partial charge is 0.362 e. The highest BCUT2D eigenvalue weighted by molar-refractivity contribution is 7.85. The van der Waals surface area contributed by atoms with E-state index in [1.165, 1.54) is 26.9 Å². The van der Waals surface area contributed by atoms with Crippen LogP contribution >= 0.6 is 0 Å². The zero-order valence-electron chi connectivity index (χ0n) is 24.3. The minimum absolute atomic E-state index is 0.0943. The third-order valence-electron chi connectivity index (χ3n) is 6.61. The maximum atomic E-state index is 13.1. The number of anilines is 1. The Morgan fingerprint density at radius 2 is 1.90 bits per heavy atom. The van der Waals surface area contributed by atoms with Gasteiger partial charge in [-0.05, 0) is 13.8 Å². The van der Waals surface area contributed by atoms with Gasteiger partial charge in [-0.1, -0.05) is 13.8 Å². The van der Waals surface area contributed by atoms with Crippen LogP contribution in [0.15, 0.2) is 12.7 Å². The summed E-state index contributed by atoms with van der Waals surface area (Å²) in [6.45, 7) is 6.70. The van der Waals surface area contributed by atoms with Crippen LogP contribution in [0.25, 0.3) is 11.2 Å². The average molecular weight is 619 g/mol. The second-order valence-corrected chi connectivity index (χ2v) is 12.3. The number of aromatic nitrogens is 4. The van der Waals surface area contributed by atoms with Crippen molar-refractivity contribution in [3.8, 4) is 0 Å². The molecule has 2 aromatic heterocycles. The first-order valence-electron chi connectivity index (χ1n) is 13.1. The minimum atomic E-state index is -4.61. The number of rotatable bonds is 15. The Hall–Kier alpha value is -2.55. The first kappa shape index (κ1) is 32.4. The molecule has 4 heterocycles. The molecular weight excluding hydrogens is 580 g/mol. The fourth-order valence-electron chi connectivity index (χ4n) is 4.86. The summed E-state index contributed by atoms with van der Waals surface area (Å²) >= 11 is 0. The van der Waals surface area contributed by atoms with Crippen molar-refractivity contribution >= 4 is 33.2 Å². The van der Waals surface area contributed by atoms with E-state index in [1.807, 2.05) is 4.72 Å². The van der Waals surface area contributed by atoms with E-state index in [0.29, 0.717) is 17.8 Å². The van der Waals surface area contributed by atoms with Gasteiger partial charge in [0.25, 0.3) is 5.91 Å². The van der Waals surface area contributed by atoms with Gasteiger partial charge in [-0.15, -0.1) is 0 Å². The number of amides is 1. The van der Waals surface area contributed by atoms with Crippen molar-refractivity contribution in [3.63, 3.8) is 0 Å². The van der Waals surface area contributed by atoms with Crippen LogP contribution in [0.1, 0.15) is 33.9 Å². The third-order valence-corrected chi connectivity index (χ3v) is 7.51. The Balaban J connectivity index is 1.44. The first-order chi connectivity index (χ1) is 19.8. The van der Waals surface area contributed by atoms with Crippen molar-refractivity contribution in [2.75, 3.05) is 53.2 Å². The summed E-state index contributed by atoms with van der Waals surface area (Å²) in [4.78, 5) is 25.5. The molecule has 18 heteroatoms. The van der Waals surface area contributed by atoms with Crippen molar-refractivity contribution in [1.29, 1.82) is 0 Å². The van der Waals surface area contributed by atoms with Gasteiger partial charge in [0, 0.05) is 19.6 Å². The van der Waals surface area contributed by atoms with Gasteiger partial charge in [0.1, 0.15) is 43.1 Å². The number of hydrogen-bond donors (Lipinski definition) is 2. The molecule has 0 spiro atoms. The van der Waals surface area contributed by atoms with Gasteiger partial charge in [-0.25, -0.2) is 19.7 Å². The van der Waals surface area contributed by atoms with Crippen LogP contribution in [0.2, 0.25) is 0 Å². The Kier molecular flexibility index (Phi) is 10.0. The molecule has 0 saturated carbocycles. The molecule has 1 amide bonds. The molecule has 0 aromatic carbocycles. The molecule has 2 aromatic rings. The second-order valence-electron chi connectivity index (χ2n) is 10.9. The van der Waals surface area contributed by atoms with E-state index in [0.717, 1.165) is 0 Å². The summed E-state index contributed by atoms with van der Waals surface area (Å²) in [6, 6.07) is 0. The summed E-state index contributed by atoms with van der Waals surface area (Å²) in [5.74, 6) is -1.76. The van der Waals surface area contributed by atoms with Crippen molar-refractivity contribution in [3.05, 3.63) is 12.7 Å². The normalized spacial score (nSPS) is 24.6. The van der Waals surface area contributed by atoms with E-state index < -0.39 is 64.7 Å². The van der Waals surface area contributed by atoms with Crippen molar-refractivity contribution < 1.29 is 50.6 Å². The SMILES string of the molecule is COCCOCOC(C(=O)NS(=O)(=O)OC[C@H]1O[C@@H](n2cnc3c(N)ncnc32)[C@@H]2OC(C)(C)O[C@@H]21)C(C)(C)COC. The molecule has 42 heavy (non-hydrogen) atoms. The van der Waals surface area contributed by atoms with E-state index in [1.54, 1.807) is 32.3 Å². The van der Waals surface area contributed by atoms with Crippen LogP contribution in [-0.2, 0) is 52.4 Å². The average Bonchev–Trinajstić information content (AvgIpc) is 3.55. The molecule has 236 valence electrons. The molecule has 2 aliphatic rings. The van der Waals surface area contributed by atoms with Crippen LogP contribution in [0.3, 0.4) is 0 Å². The molecule has 2 fully saturated rings. The highest BCUT2D eigenvalue weighted by atomic mass is 32.2. The van der Waals surface area contributed by atoms with Gasteiger partial charge in [0.15, 0.2) is 23.5 Å². The number of nitrogens with zero attached hydrogens (tertiary/aromatic N) is 4. The number of ether oxygens (including phenoxy) is 7. The molecule has 2 saturated heterocycles. The fraction of sp³-hybridized carbons (Fsp3) is 0.750. The number of fused-ring (bicyclic) bond motifs is 2. The monoisotopic (exact) mass is 618 g/mol. The maximum Gasteiger partial charge on any atom is 0.362 e. The van der Waals surface area contributed by atoms with Crippen LogP contribution in [0.5, 0.6) is 0 Å². The summed E-state index contributed by atoms with van der Waals surface area (Å²) in [5.41, 5.74) is 5.77. The van der Waals surface area contributed by atoms with Gasteiger partial charge < -0.3 is 38.9 Å². The zero-order valence-corrected chi connectivity index (χ0v) is 25.2.